The van der Waals surface area contributed by atoms with E-state index in [1.807, 2.05) is 30.3 Å². The number of benzene rings is 3. The predicted molar refractivity (Wildman–Crippen MR) is 110 cm³/mol. The number of hydrogen-bond donors (Lipinski definition) is 2. The van der Waals surface area contributed by atoms with Crippen LogP contribution in [0.1, 0.15) is 42.3 Å². The molecule has 0 bridgehead atoms. The van der Waals surface area contributed by atoms with E-state index in [0.717, 1.165) is 17.2 Å². The molecule has 3 N–H and O–H groups in total. The molecule has 0 unspecified atom stereocenters. The first-order chi connectivity index (χ1) is 12.7. The van der Waals surface area contributed by atoms with Crippen LogP contribution in [0.3, 0.4) is 0 Å². The molecule has 0 aromatic heterocycles. The number of esters is 1. The zero-order chi connectivity index (χ0) is 19.6. The molecular weight excluding hydrogens is 336 g/mol. The maximum absolute atomic E-state index is 12.4. The molecule has 0 spiro atoms. The van der Waals surface area contributed by atoms with Crippen molar-refractivity contribution in [1.29, 1.82) is 5.41 Å². The summed E-state index contributed by atoms with van der Waals surface area (Å²) in [7, 11) is 0. The topological polar surface area (TPSA) is 76.2 Å². The molecule has 0 aliphatic heterocycles. The Bertz CT molecular complexity index is 999. The number of nitrogens with two attached hydrogens (primary N) is 1. The third kappa shape index (κ3) is 4.73. The van der Waals surface area contributed by atoms with Crippen LogP contribution in [0.25, 0.3) is 10.8 Å². The van der Waals surface area contributed by atoms with Crippen LogP contribution in [0.4, 0.5) is 0 Å². The highest BCUT2D eigenvalue weighted by atomic mass is 16.5. The van der Waals surface area contributed by atoms with Crippen molar-refractivity contribution in [1.82, 2.24) is 0 Å². The fourth-order valence-corrected chi connectivity index (χ4v) is 2.99. The minimum absolute atomic E-state index is 0.00893. The first-order valence-electron chi connectivity index (χ1n) is 8.91. The van der Waals surface area contributed by atoms with E-state index in [1.54, 1.807) is 30.3 Å². The van der Waals surface area contributed by atoms with Crippen LogP contribution >= 0.6 is 0 Å². The SMILES string of the molecule is CC(C)(C)Cc1ccc(C(=O)Oc2ccc3ccc(C(=N)N)cc3c2)cc1. The van der Waals surface area contributed by atoms with Crippen molar-refractivity contribution in [2.24, 2.45) is 11.1 Å². The Kier molecular flexibility index (Phi) is 5.00. The van der Waals surface area contributed by atoms with E-state index in [1.165, 1.54) is 5.56 Å². The molecule has 0 saturated carbocycles. The van der Waals surface area contributed by atoms with E-state index in [9.17, 15) is 4.79 Å². The number of amidine groups is 1. The molecule has 0 aliphatic rings. The van der Waals surface area contributed by atoms with Crippen molar-refractivity contribution >= 4 is 22.6 Å². The van der Waals surface area contributed by atoms with Crippen molar-refractivity contribution in [3.05, 3.63) is 77.4 Å². The summed E-state index contributed by atoms with van der Waals surface area (Å²) in [5.74, 6) is 0.0843. The maximum atomic E-state index is 12.4. The smallest absolute Gasteiger partial charge is 0.343 e. The lowest BCUT2D eigenvalue weighted by Crippen LogP contribution is -2.11. The zero-order valence-corrected chi connectivity index (χ0v) is 15.9. The van der Waals surface area contributed by atoms with Gasteiger partial charge in [0.1, 0.15) is 11.6 Å². The summed E-state index contributed by atoms with van der Waals surface area (Å²) in [6.45, 7) is 6.56. The van der Waals surface area contributed by atoms with Gasteiger partial charge in [-0.15, -0.1) is 0 Å². The molecule has 0 aliphatic carbocycles. The van der Waals surface area contributed by atoms with Gasteiger partial charge in [0.05, 0.1) is 5.56 Å². The second-order valence-corrected chi connectivity index (χ2v) is 7.96. The Morgan fingerprint density at radius 3 is 2.19 bits per heavy atom. The zero-order valence-electron chi connectivity index (χ0n) is 15.9. The summed E-state index contributed by atoms with van der Waals surface area (Å²) in [4.78, 5) is 12.4. The van der Waals surface area contributed by atoms with Gasteiger partial charge in [-0.25, -0.2) is 4.79 Å². The van der Waals surface area contributed by atoms with Gasteiger partial charge in [0.15, 0.2) is 0 Å². The molecular formula is C23H24N2O2. The van der Waals surface area contributed by atoms with Gasteiger partial charge in [-0.1, -0.05) is 51.1 Å². The van der Waals surface area contributed by atoms with Gasteiger partial charge in [-0.05, 0) is 58.5 Å². The van der Waals surface area contributed by atoms with Crippen molar-refractivity contribution in [2.75, 3.05) is 0 Å². The van der Waals surface area contributed by atoms with E-state index >= 15 is 0 Å². The summed E-state index contributed by atoms with van der Waals surface area (Å²) in [5, 5.41) is 9.41. The molecule has 27 heavy (non-hydrogen) atoms. The molecule has 3 rings (SSSR count). The van der Waals surface area contributed by atoms with E-state index in [0.29, 0.717) is 16.9 Å². The van der Waals surface area contributed by atoms with Crippen molar-refractivity contribution < 1.29 is 9.53 Å². The molecule has 0 fully saturated rings. The molecule has 3 aromatic rings. The number of ether oxygens (including phenoxy) is 1. The molecule has 0 heterocycles. The highest BCUT2D eigenvalue weighted by molar-refractivity contribution is 5.99. The Balaban J connectivity index is 1.78. The lowest BCUT2D eigenvalue weighted by atomic mass is 9.88. The lowest BCUT2D eigenvalue weighted by molar-refractivity contribution is 0.0735. The fraction of sp³-hybridized carbons (Fsp3) is 0.217. The number of nitrogen functional groups attached to an aromatic ring is 1. The van der Waals surface area contributed by atoms with Gasteiger partial charge < -0.3 is 10.5 Å². The van der Waals surface area contributed by atoms with Gasteiger partial charge in [-0.3, -0.25) is 5.41 Å². The van der Waals surface area contributed by atoms with Gasteiger partial charge in [-0.2, -0.15) is 0 Å². The van der Waals surface area contributed by atoms with E-state index in [4.69, 9.17) is 15.9 Å². The summed E-state index contributed by atoms with van der Waals surface area (Å²) < 4.78 is 5.53. The molecule has 4 nitrogen and oxygen atoms in total. The van der Waals surface area contributed by atoms with Gasteiger partial charge in [0, 0.05) is 5.56 Å². The Labute approximate surface area is 159 Å². The monoisotopic (exact) mass is 360 g/mol. The summed E-state index contributed by atoms with van der Waals surface area (Å²) >= 11 is 0. The minimum atomic E-state index is -0.389. The van der Waals surface area contributed by atoms with Crippen LogP contribution in [0.5, 0.6) is 5.75 Å². The van der Waals surface area contributed by atoms with E-state index in [-0.39, 0.29) is 17.2 Å². The Hall–Kier alpha value is -3.14. The molecule has 4 heteroatoms. The summed E-state index contributed by atoms with van der Waals surface area (Å²) in [5.41, 5.74) is 8.10. The van der Waals surface area contributed by atoms with Crippen LogP contribution < -0.4 is 10.5 Å². The van der Waals surface area contributed by atoms with Crippen LogP contribution in [0.2, 0.25) is 0 Å². The van der Waals surface area contributed by atoms with Crippen LogP contribution in [-0.2, 0) is 6.42 Å². The third-order valence-corrected chi connectivity index (χ3v) is 4.26. The molecule has 138 valence electrons. The highest BCUT2D eigenvalue weighted by Crippen LogP contribution is 2.24. The first kappa shape index (κ1) is 18.6. The number of rotatable bonds is 4. The summed E-state index contributed by atoms with van der Waals surface area (Å²) in [6.07, 6.45) is 0.950. The Morgan fingerprint density at radius 1 is 0.926 bits per heavy atom. The Morgan fingerprint density at radius 2 is 1.56 bits per heavy atom. The first-order valence-corrected chi connectivity index (χ1v) is 8.91. The third-order valence-electron chi connectivity index (χ3n) is 4.26. The largest absolute Gasteiger partial charge is 0.423 e. The molecule has 0 amide bonds. The maximum Gasteiger partial charge on any atom is 0.343 e. The minimum Gasteiger partial charge on any atom is -0.423 e. The number of nitrogens with one attached hydrogen (secondary N) is 1. The molecule has 3 aromatic carbocycles. The van der Waals surface area contributed by atoms with Gasteiger partial charge >= 0.3 is 5.97 Å². The quantitative estimate of drug-likeness (QED) is 0.300. The summed E-state index contributed by atoms with van der Waals surface area (Å²) in [6, 6.07) is 18.5. The van der Waals surface area contributed by atoms with Crippen molar-refractivity contribution in [3.63, 3.8) is 0 Å². The van der Waals surface area contributed by atoms with Crippen LogP contribution in [0.15, 0.2) is 60.7 Å². The van der Waals surface area contributed by atoms with Crippen LogP contribution in [0, 0.1) is 10.8 Å². The average Bonchev–Trinajstić information content (AvgIpc) is 2.60. The predicted octanol–water partition coefficient (Wildman–Crippen LogP) is 4.93. The lowest BCUT2D eigenvalue weighted by Gasteiger charge is -2.18. The second-order valence-electron chi connectivity index (χ2n) is 7.96. The van der Waals surface area contributed by atoms with Crippen LogP contribution in [-0.4, -0.2) is 11.8 Å². The van der Waals surface area contributed by atoms with Gasteiger partial charge in [0.25, 0.3) is 0 Å². The fourth-order valence-electron chi connectivity index (χ4n) is 2.99. The van der Waals surface area contributed by atoms with E-state index < -0.39 is 0 Å². The molecule has 0 saturated heterocycles. The van der Waals surface area contributed by atoms with E-state index in [2.05, 4.69) is 20.8 Å². The van der Waals surface area contributed by atoms with Crippen molar-refractivity contribution in [3.8, 4) is 5.75 Å². The second kappa shape index (κ2) is 7.23. The number of fused-ring (bicyclic) bond motifs is 1. The van der Waals surface area contributed by atoms with Gasteiger partial charge in [0.2, 0.25) is 0 Å². The normalized spacial score (nSPS) is 11.4. The highest BCUT2D eigenvalue weighted by Gasteiger charge is 2.13. The number of carbonyl (C=O) groups is 1. The average molecular weight is 360 g/mol. The number of hydrogen-bond acceptors (Lipinski definition) is 3. The molecule has 0 radical (unpaired) electrons. The standard InChI is InChI=1S/C23H24N2O2/c1-23(2,3)14-15-4-6-17(7-5-15)22(26)27-20-11-10-16-8-9-18(21(24)25)12-19(16)13-20/h4-13H,14H2,1-3H3,(H3,24,25). The van der Waals surface area contributed by atoms with Crippen molar-refractivity contribution in [2.45, 2.75) is 27.2 Å². The molecule has 0 atom stereocenters. The number of carbonyl (C=O) groups excluding carboxylic acids is 1.